The van der Waals surface area contributed by atoms with Crippen molar-refractivity contribution in [3.05, 3.63) is 52.2 Å². The van der Waals surface area contributed by atoms with Gasteiger partial charge in [0.25, 0.3) is 0 Å². The molecule has 1 heterocycles. The number of hydrogen-bond acceptors (Lipinski definition) is 6. The molecular formula is C20H18O6. The first-order valence-corrected chi connectivity index (χ1v) is 7.93. The van der Waals surface area contributed by atoms with E-state index in [-0.39, 0.29) is 11.5 Å². The summed E-state index contributed by atoms with van der Waals surface area (Å²) < 4.78 is 21.7. The van der Waals surface area contributed by atoms with Crippen LogP contribution in [-0.4, -0.2) is 20.2 Å². The van der Waals surface area contributed by atoms with E-state index in [4.69, 9.17) is 18.6 Å². The van der Waals surface area contributed by atoms with Crippen LogP contribution in [0.15, 0.2) is 45.6 Å². The molecular weight excluding hydrogens is 336 g/mol. The van der Waals surface area contributed by atoms with Gasteiger partial charge in [-0.3, -0.25) is 9.59 Å². The Hall–Kier alpha value is -3.28. The van der Waals surface area contributed by atoms with Crippen molar-refractivity contribution >= 4 is 16.9 Å². The minimum Gasteiger partial charge on any atom is -0.493 e. The minimum absolute atomic E-state index is 0.152. The molecule has 0 aliphatic rings. The lowest BCUT2D eigenvalue weighted by atomic mass is 10.1. The molecule has 0 unspecified atom stereocenters. The van der Waals surface area contributed by atoms with Crippen molar-refractivity contribution in [3.8, 4) is 28.6 Å². The molecule has 0 atom stereocenters. The first-order chi connectivity index (χ1) is 12.4. The fourth-order valence-electron chi connectivity index (χ4n) is 2.69. The first-order valence-electron chi connectivity index (χ1n) is 7.93. The Morgan fingerprint density at radius 3 is 2.38 bits per heavy atom. The van der Waals surface area contributed by atoms with Crippen molar-refractivity contribution in [1.82, 2.24) is 0 Å². The van der Waals surface area contributed by atoms with Gasteiger partial charge in [0.15, 0.2) is 17.3 Å². The Bertz CT molecular complexity index is 1050. The number of carbonyl (C=O) groups is 1. The van der Waals surface area contributed by atoms with Crippen LogP contribution in [0.25, 0.3) is 22.3 Å². The maximum atomic E-state index is 12.9. The molecule has 0 bridgehead atoms. The zero-order valence-corrected chi connectivity index (χ0v) is 14.9. The number of rotatable bonds is 4. The number of aryl methyl sites for hydroxylation is 1. The maximum Gasteiger partial charge on any atom is 0.308 e. The molecule has 0 radical (unpaired) electrons. The van der Waals surface area contributed by atoms with E-state index in [2.05, 4.69) is 0 Å². The maximum absolute atomic E-state index is 12.9. The molecule has 3 rings (SSSR count). The molecule has 1 aromatic heterocycles. The molecule has 3 aromatic rings. The molecule has 0 aliphatic heterocycles. The van der Waals surface area contributed by atoms with Crippen molar-refractivity contribution in [3.63, 3.8) is 0 Å². The second-order valence-corrected chi connectivity index (χ2v) is 5.75. The molecule has 0 amide bonds. The van der Waals surface area contributed by atoms with Gasteiger partial charge in [-0.15, -0.1) is 0 Å². The van der Waals surface area contributed by atoms with Crippen molar-refractivity contribution < 1.29 is 23.4 Å². The van der Waals surface area contributed by atoms with Crippen LogP contribution >= 0.6 is 0 Å². The number of ether oxygens (including phenoxy) is 3. The van der Waals surface area contributed by atoms with Crippen LogP contribution in [0, 0.1) is 6.92 Å². The predicted octanol–water partition coefficient (Wildman–Crippen LogP) is 3.71. The number of carbonyl (C=O) groups excluding carboxylic acids is 1. The summed E-state index contributed by atoms with van der Waals surface area (Å²) in [6, 6.07) is 10.3. The third-order valence-corrected chi connectivity index (χ3v) is 3.90. The van der Waals surface area contributed by atoms with E-state index in [9.17, 15) is 9.59 Å². The van der Waals surface area contributed by atoms with Gasteiger partial charge < -0.3 is 18.6 Å². The standard InChI is InChI=1S/C20H18O6/c1-11-5-7-14-16(9-11)26-19(20(18(14)22)25-12(2)21)13-6-8-15(23-3)17(10-13)24-4/h5-10H,1-4H3. The minimum atomic E-state index is -0.606. The van der Waals surface area contributed by atoms with Crippen molar-refractivity contribution in [2.75, 3.05) is 14.2 Å². The SMILES string of the molecule is COc1ccc(-c2oc3cc(C)ccc3c(=O)c2OC(C)=O)cc1OC. The van der Waals surface area contributed by atoms with Gasteiger partial charge in [-0.05, 0) is 42.8 Å². The molecule has 0 aliphatic carbocycles. The summed E-state index contributed by atoms with van der Waals surface area (Å²) >= 11 is 0. The van der Waals surface area contributed by atoms with Crippen molar-refractivity contribution in [2.45, 2.75) is 13.8 Å². The van der Waals surface area contributed by atoms with Crippen LogP contribution in [0.4, 0.5) is 0 Å². The van der Waals surface area contributed by atoms with Crippen LogP contribution in [0.5, 0.6) is 17.2 Å². The van der Waals surface area contributed by atoms with Gasteiger partial charge in [-0.25, -0.2) is 0 Å². The molecule has 26 heavy (non-hydrogen) atoms. The number of fused-ring (bicyclic) bond motifs is 1. The fourth-order valence-corrected chi connectivity index (χ4v) is 2.69. The van der Waals surface area contributed by atoms with E-state index >= 15 is 0 Å². The molecule has 0 spiro atoms. The van der Waals surface area contributed by atoms with E-state index in [0.717, 1.165) is 5.56 Å². The molecule has 0 saturated carbocycles. The van der Waals surface area contributed by atoms with Crippen LogP contribution in [0.1, 0.15) is 12.5 Å². The molecule has 134 valence electrons. The summed E-state index contributed by atoms with van der Waals surface area (Å²) in [6.07, 6.45) is 0. The highest BCUT2D eigenvalue weighted by Gasteiger charge is 2.20. The van der Waals surface area contributed by atoms with Gasteiger partial charge in [0.2, 0.25) is 11.2 Å². The molecule has 0 fully saturated rings. The molecule has 6 nitrogen and oxygen atoms in total. The quantitative estimate of drug-likeness (QED) is 0.665. The van der Waals surface area contributed by atoms with Crippen LogP contribution in [0.3, 0.4) is 0 Å². The summed E-state index contributed by atoms with van der Waals surface area (Å²) in [5.41, 5.74) is 1.47. The van der Waals surface area contributed by atoms with Gasteiger partial charge in [0.05, 0.1) is 19.6 Å². The second kappa shape index (κ2) is 6.92. The van der Waals surface area contributed by atoms with Gasteiger partial charge in [0.1, 0.15) is 5.58 Å². The highest BCUT2D eigenvalue weighted by atomic mass is 16.5. The lowest BCUT2D eigenvalue weighted by molar-refractivity contribution is -0.131. The second-order valence-electron chi connectivity index (χ2n) is 5.75. The van der Waals surface area contributed by atoms with E-state index in [1.165, 1.54) is 21.1 Å². The largest absolute Gasteiger partial charge is 0.493 e. The average molecular weight is 354 g/mol. The number of methoxy groups -OCH3 is 2. The van der Waals surface area contributed by atoms with E-state index in [0.29, 0.717) is 28.0 Å². The third kappa shape index (κ3) is 3.13. The van der Waals surface area contributed by atoms with Gasteiger partial charge >= 0.3 is 5.97 Å². The molecule has 6 heteroatoms. The lowest BCUT2D eigenvalue weighted by Gasteiger charge is -2.12. The number of benzene rings is 2. The molecule has 0 N–H and O–H groups in total. The highest BCUT2D eigenvalue weighted by molar-refractivity contribution is 5.84. The Morgan fingerprint density at radius 1 is 1.00 bits per heavy atom. The van der Waals surface area contributed by atoms with Crippen molar-refractivity contribution in [1.29, 1.82) is 0 Å². The predicted molar refractivity (Wildman–Crippen MR) is 97.1 cm³/mol. The van der Waals surface area contributed by atoms with E-state index < -0.39 is 11.4 Å². The number of hydrogen-bond donors (Lipinski definition) is 0. The Balaban J connectivity index is 2.33. The zero-order chi connectivity index (χ0) is 18.8. The normalized spacial score (nSPS) is 10.6. The van der Waals surface area contributed by atoms with Gasteiger partial charge in [-0.1, -0.05) is 6.07 Å². The highest BCUT2D eigenvalue weighted by Crippen LogP contribution is 2.36. The summed E-state index contributed by atoms with van der Waals surface area (Å²) in [7, 11) is 3.04. The van der Waals surface area contributed by atoms with Crippen LogP contribution in [-0.2, 0) is 4.79 Å². The summed E-state index contributed by atoms with van der Waals surface area (Å²) in [4.78, 5) is 24.4. The first kappa shape index (κ1) is 17.5. The summed E-state index contributed by atoms with van der Waals surface area (Å²) in [5, 5.41) is 0.344. The monoisotopic (exact) mass is 354 g/mol. The fraction of sp³-hybridized carbons (Fsp3) is 0.200. The zero-order valence-electron chi connectivity index (χ0n) is 14.9. The Kier molecular flexibility index (Phi) is 4.67. The van der Waals surface area contributed by atoms with Crippen LogP contribution in [0.2, 0.25) is 0 Å². The average Bonchev–Trinajstić information content (AvgIpc) is 2.62. The van der Waals surface area contributed by atoms with E-state index in [1.807, 2.05) is 6.92 Å². The molecule has 0 saturated heterocycles. The lowest BCUT2D eigenvalue weighted by Crippen LogP contribution is -2.13. The Morgan fingerprint density at radius 2 is 1.73 bits per heavy atom. The molecule has 2 aromatic carbocycles. The van der Waals surface area contributed by atoms with E-state index in [1.54, 1.807) is 36.4 Å². The van der Waals surface area contributed by atoms with Gasteiger partial charge in [-0.2, -0.15) is 0 Å². The summed E-state index contributed by atoms with van der Waals surface area (Å²) in [6.45, 7) is 3.13. The van der Waals surface area contributed by atoms with Crippen LogP contribution < -0.4 is 19.6 Å². The third-order valence-electron chi connectivity index (χ3n) is 3.90. The van der Waals surface area contributed by atoms with Crippen molar-refractivity contribution in [2.24, 2.45) is 0 Å². The van der Waals surface area contributed by atoms with Gasteiger partial charge in [0, 0.05) is 12.5 Å². The smallest absolute Gasteiger partial charge is 0.308 e. The number of esters is 1. The summed E-state index contributed by atoms with van der Waals surface area (Å²) in [5.74, 6) is 0.394. The topological polar surface area (TPSA) is 75.0 Å². The Labute approximate surface area is 149 Å².